The van der Waals surface area contributed by atoms with Crippen molar-refractivity contribution in [3.63, 3.8) is 0 Å². The third-order valence-electron chi connectivity index (χ3n) is 15.2. The smallest absolute Gasteiger partial charge is 0.463 e. The number of unbranched alkanes of at least 4 members (excludes halogenated alkanes) is 21. The molecule has 0 aromatic carbocycles. The van der Waals surface area contributed by atoms with Crippen LogP contribution in [0.15, 0.2) is 158 Å². The van der Waals surface area contributed by atoms with Crippen LogP contribution in [0.4, 0.5) is 0 Å². The molecule has 0 aliphatic heterocycles. The number of phosphoric ester groups is 2. The molecule has 5 unspecified atom stereocenters. The maximum atomic E-state index is 12.9. The summed E-state index contributed by atoms with van der Waals surface area (Å²) in [6.45, 7) is 2.37. The van der Waals surface area contributed by atoms with E-state index in [0.717, 1.165) is 173 Å². The average Bonchev–Trinajstić information content (AvgIpc) is 1.04. The summed E-state index contributed by atoms with van der Waals surface area (Å²) in [5, 5.41) is 20.6. The molecule has 0 aliphatic carbocycles. The molecule has 0 rings (SSSR count). The van der Waals surface area contributed by atoms with Gasteiger partial charge in [-0.2, -0.15) is 0 Å². The lowest BCUT2D eigenvalue weighted by molar-refractivity contribution is -0.161. The van der Waals surface area contributed by atoms with Crippen LogP contribution in [0, 0.1) is 0 Å². The Morgan fingerprint density at radius 1 is 0.293 bits per heavy atom. The molecular formula is C81H134O16P2. The van der Waals surface area contributed by atoms with E-state index in [1.54, 1.807) is 0 Å². The van der Waals surface area contributed by atoms with Crippen molar-refractivity contribution in [3.8, 4) is 0 Å². The highest BCUT2D eigenvalue weighted by atomic mass is 31.2. The number of aliphatic hydroxyl groups is 2. The number of carbonyl (C=O) groups is 3. The molecule has 0 spiro atoms. The summed E-state index contributed by atoms with van der Waals surface area (Å²) in [4.78, 5) is 58.5. The topological polar surface area (TPSA) is 231 Å². The van der Waals surface area contributed by atoms with Gasteiger partial charge in [0.15, 0.2) is 6.10 Å². The van der Waals surface area contributed by atoms with Gasteiger partial charge in [-0.3, -0.25) is 32.5 Å². The van der Waals surface area contributed by atoms with Gasteiger partial charge in [-0.05, 0) is 148 Å². The number of aliphatic hydroxyl groups excluding tert-OH is 2. The van der Waals surface area contributed by atoms with Gasteiger partial charge in [-0.25, -0.2) is 9.13 Å². The number of ether oxygens (including phenoxy) is 3. The van der Waals surface area contributed by atoms with Gasteiger partial charge in [0.1, 0.15) is 25.4 Å². The van der Waals surface area contributed by atoms with Crippen LogP contribution < -0.4 is 0 Å². The van der Waals surface area contributed by atoms with Gasteiger partial charge in [0.2, 0.25) is 0 Å². The molecule has 0 bridgehead atoms. The molecule has 99 heavy (non-hydrogen) atoms. The van der Waals surface area contributed by atoms with Gasteiger partial charge in [0, 0.05) is 19.3 Å². The fourth-order valence-electron chi connectivity index (χ4n) is 9.51. The molecule has 18 heteroatoms. The second kappa shape index (κ2) is 72.9. The molecule has 0 fully saturated rings. The minimum atomic E-state index is -4.94. The maximum absolute atomic E-state index is 12.9. The van der Waals surface area contributed by atoms with Crippen molar-refractivity contribution in [3.05, 3.63) is 158 Å². The molecule has 0 radical (unpaired) electrons. The highest BCUT2D eigenvalue weighted by Gasteiger charge is 2.29. The van der Waals surface area contributed by atoms with Crippen molar-refractivity contribution in [2.75, 3.05) is 39.6 Å². The third-order valence-corrected chi connectivity index (χ3v) is 17.1. The molecule has 0 heterocycles. The van der Waals surface area contributed by atoms with Gasteiger partial charge in [0.25, 0.3) is 0 Å². The molecule has 0 amide bonds. The predicted molar refractivity (Wildman–Crippen MR) is 408 cm³/mol. The SMILES string of the molecule is CC/C=C\C/C=C\C/C=C\C/C=C\C/C=C\C/C=C\CCCCCCCCCCC(=O)OCC(O)COP(=O)(O)OCC(O)COP(=O)(O)OCC(COC(=O)CCCCCC/C=C\C/C=C\C/C=C\C/C=C\C/C=C\C/C=C\CC)OC(=O)CCCCCCC/C=C\CCCCCC. The molecule has 0 aromatic heterocycles. The summed E-state index contributed by atoms with van der Waals surface area (Å²) >= 11 is 0. The zero-order valence-corrected chi connectivity index (χ0v) is 63.1. The van der Waals surface area contributed by atoms with Crippen LogP contribution in [0.3, 0.4) is 0 Å². The number of carbonyl (C=O) groups excluding carboxylic acids is 3. The maximum Gasteiger partial charge on any atom is 0.472 e. The van der Waals surface area contributed by atoms with Crippen molar-refractivity contribution in [1.29, 1.82) is 0 Å². The predicted octanol–water partition coefficient (Wildman–Crippen LogP) is 21.9. The molecule has 0 saturated heterocycles. The number of esters is 3. The van der Waals surface area contributed by atoms with Crippen molar-refractivity contribution < 1.29 is 75.8 Å². The minimum Gasteiger partial charge on any atom is -0.463 e. The first kappa shape index (κ1) is 94.2. The van der Waals surface area contributed by atoms with E-state index in [0.29, 0.717) is 19.3 Å². The van der Waals surface area contributed by atoms with E-state index in [1.807, 2.05) is 0 Å². The Balaban J connectivity index is 4.60. The Bertz CT molecular complexity index is 2430. The average molecular weight is 1430 g/mol. The first-order valence-corrected chi connectivity index (χ1v) is 40.8. The fourth-order valence-corrected chi connectivity index (χ4v) is 11.1. The summed E-state index contributed by atoms with van der Waals surface area (Å²) < 4.78 is 61.0. The van der Waals surface area contributed by atoms with Crippen LogP contribution in [0.2, 0.25) is 0 Å². The van der Waals surface area contributed by atoms with Crippen LogP contribution in [-0.4, -0.2) is 95.9 Å². The number of hydrogen-bond donors (Lipinski definition) is 4. The van der Waals surface area contributed by atoms with Crippen molar-refractivity contribution in [2.24, 2.45) is 0 Å². The van der Waals surface area contributed by atoms with Crippen molar-refractivity contribution >= 4 is 33.6 Å². The fraction of sp³-hybridized carbons (Fsp3) is 0.642. The highest BCUT2D eigenvalue weighted by molar-refractivity contribution is 7.47. The summed E-state index contributed by atoms with van der Waals surface area (Å²) in [7, 11) is -9.80. The monoisotopic (exact) mass is 1420 g/mol. The van der Waals surface area contributed by atoms with Gasteiger partial charge >= 0.3 is 33.6 Å². The van der Waals surface area contributed by atoms with Crippen molar-refractivity contribution in [1.82, 2.24) is 0 Å². The lowest BCUT2D eigenvalue weighted by Gasteiger charge is -2.21. The van der Waals surface area contributed by atoms with E-state index < -0.39 is 91.5 Å². The Morgan fingerprint density at radius 3 is 0.859 bits per heavy atom. The largest absolute Gasteiger partial charge is 0.472 e. The van der Waals surface area contributed by atoms with Crippen LogP contribution in [-0.2, 0) is 55.8 Å². The first-order chi connectivity index (χ1) is 48.2. The molecule has 5 atom stereocenters. The number of phosphoric acid groups is 2. The summed E-state index contributed by atoms with van der Waals surface area (Å²) in [5.41, 5.74) is 0. The minimum absolute atomic E-state index is 0.0837. The van der Waals surface area contributed by atoms with Crippen LogP contribution in [0.1, 0.15) is 278 Å². The number of rotatable bonds is 70. The van der Waals surface area contributed by atoms with Crippen LogP contribution in [0.5, 0.6) is 0 Å². The standard InChI is InChI=1S/C81H134O16P2/c1-4-7-10-13-16-19-22-25-27-29-31-33-35-36-37-38-40-42-43-45-47-50-52-55-58-61-64-67-79(84)91-70-76(82)71-93-98(87,88)94-72-77(83)73-95-99(89,90)96-75-78(97-81(86)69-66-63-60-57-54-49-24-21-18-15-12-9-6-3)74-92-80(85)68-65-62-59-56-53-51-48-46-44-41-39-34-32-30-28-26-23-20-17-14-11-8-5-2/h7-8,10-11,16-17,19-21,24-28,31-34,36-37,40-42,44,48,51,76-78,82-83H,4-6,9,12-15,18,22-23,29-30,35,38-39,43,45-47,49-50,52-75H2,1-3H3,(H,87,88)(H,89,90)/b10-7-,11-8-,19-16-,20-17-,24-21-,27-25-,28-26-,33-31-,34-32-,37-36-,42-40-,44-41-,51-48-. The third kappa shape index (κ3) is 74.2. The second-order valence-electron chi connectivity index (χ2n) is 24.7. The quantitative estimate of drug-likeness (QED) is 0.0146. The van der Waals surface area contributed by atoms with Crippen LogP contribution in [0.25, 0.3) is 0 Å². The summed E-state index contributed by atoms with van der Waals surface area (Å²) in [6.07, 6.45) is 90.0. The summed E-state index contributed by atoms with van der Waals surface area (Å²) in [6, 6.07) is 0. The van der Waals surface area contributed by atoms with E-state index >= 15 is 0 Å². The van der Waals surface area contributed by atoms with E-state index in [1.165, 1.54) is 44.9 Å². The Labute approximate surface area is 600 Å². The summed E-state index contributed by atoms with van der Waals surface area (Å²) in [5.74, 6) is -1.63. The molecule has 4 N–H and O–H groups in total. The highest BCUT2D eigenvalue weighted by Crippen LogP contribution is 2.45. The van der Waals surface area contributed by atoms with E-state index in [-0.39, 0.29) is 19.3 Å². The van der Waals surface area contributed by atoms with Gasteiger partial charge in [0.05, 0.1) is 26.4 Å². The zero-order valence-electron chi connectivity index (χ0n) is 61.4. The number of allylic oxidation sites excluding steroid dienone is 26. The lowest BCUT2D eigenvalue weighted by Crippen LogP contribution is -2.30. The molecule has 0 aromatic rings. The Hall–Kier alpha value is -4.83. The van der Waals surface area contributed by atoms with E-state index in [9.17, 15) is 43.5 Å². The Kier molecular flexibility index (Phi) is 69.4. The number of hydrogen-bond acceptors (Lipinski definition) is 14. The van der Waals surface area contributed by atoms with Crippen molar-refractivity contribution in [2.45, 2.75) is 296 Å². The molecule has 0 aliphatic rings. The molecule has 0 saturated carbocycles. The second-order valence-corrected chi connectivity index (χ2v) is 27.6. The normalized spacial score (nSPS) is 14.9. The zero-order chi connectivity index (χ0) is 72.3. The van der Waals surface area contributed by atoms with Gasteiger partial charge in [-0.1, -0.05) is 269 Å². The van der Waals surface area contributed by atoms with Gasteiger partial charge in [-0.15, -0.1) is 0 Å². The molecular weight excluding hydrogens is 1290 g/mol. The van der Waals surface area contributed by atoms with E-state index in [4.69, 9.17) is 32.3 Å². The van der Waals surface area contributed by atoms with Crippen LogP contribution >= 0.6 is 15.6 Å². The van der Waals surface area contributed by atoms with Gasteiger partial charge < -0.3 is 34.2 Å². The Morgan fingerprint density at radius 2 is 0.535 bits per heavy atom. The molecule has 564 valence electrons. The van der Waals surface area contributed by atoms with E-state index in [2.05, 4.69) is 179 Å². The lowest BCUT2D eigenvalue weighted by atomic mass is 10.1. The molecule has 16 nitrogen and oxygen atoms in total. The first-order valence-electron chi connectivity index (χ1n) is 37.8.